The van der Waals surface area contributed by atoms with Crippen LogP contribution in [0.1, 0.15) is 22.3 Å². The first-order chi connectivity index (χ1) is 16.0. The highest BCUT2D eigenvalue weighted by molar-refractivity contribution is 9.11. The Balaban J connectivity index is 1.52. The zero-order valence-electron chi connectivity index (χ0n) is 17.1. The first-order valence-electron chi connectivity index (χ1n) is 9.85. The molecule has 0 aliphatic carbocycles. The molecule has 0 N–H and O–H groups in total. The van der Waals surface area contributed by atoms with Gasteiger partial charge >= 0.3 is 0 Å². The lowest BCUT2D eigenvalue weighted by Gasteiger charge is -2.13. The summed E-state index contributed by atoms with van der Waals surface area (Å²) in [5.41, 5.74) is 2.86. The Kier molecular flexibility index (Phi) is 7.33. The SMILES string of the molecule is N#Cc1ccccc1CN1C(=O)S/C(=C/c2cc(Br)c(OCc3ccccc3)c(Br)c2)C1=O. The molecule has 5 nitrogen and oxygen atoms in total. The van der Waals surface area contributed by atoms with Crippen molar-refractivity contribution in [1.82, 2.24) is 4.90 Å². The van der Waals surface area contributed by atoms with Crippen molar-refractivity contribution in [2.24, 2.45) is 0 Å². The summed E-state index contributed by atoms with van der Waals surface area (Å²) in [6, 6.07) is 22.5. The summed E-state index contributed by atoms with van der Waals surface area (Å²) < 4.78 is 7.39. The van der Waals surface area contributed by atoms with E-state index in [1.54, 1.807) is 30.3 Å². The van der Waals surface area contributed by atoms with E-state index in [9.17, 15) is 14.9 Å². The summed E-state index contributed by atoms with van der Waals surface area (Å²) in [5, 5.41) is 8.91. The van der Waals surface area contributed by atoms with E-state index >= 15 is 0 Å². The lowest BCUT2D eigenvalue weighted by atomic mass is 10.1. The first-order valence-corrected chi connectivity index (χ1v) is 12.3. The van der Waals surface area contributed by atoms with Crippen LogP contribution in [0.5, 0.6) is 5.75 Å². The highest BCUT2D eigenvalue weighted by atomic mass is 79.9. The number of halogens is 2. The molecule has 0 unspecified atom stereocenters. The Labute approximate surface area is 212 Å². The molecule has 0 saturated carbocycles. The van der Waals surface area contributed by atoms with Gasteiger partial charge in [0.1, 0.15) is 12.4 Å². The van der Waals surface area contributed by atoms with Crippen molar-refractivity contribution in [3.63, 3.8) is 0 Å². The van der Waals surface area contributed by atoms with Crippen LogP contribution in [0.25, 0.3) is 6.08 Å². The van der Waals surface area contributed by atoms with Crippen LogP contribution in [0.15, 0.2) is 80.6 Å². The van der Waals surface area contributed by atoms with Crippen molar-refractivity contribution < 1.29 is 14.3 Å². The van der Waals surface area contributed by atoms with Gasteiger partial charge in [0.25, 0.3) is 11.1 Å². The number of thioether (sulfide) groups is 1. The Hall–Kier alpha value is -2.86. The second-order valence-electron chi connectivity index (χ2n) is 7.12. The van der Waals surface area contributed by atoms with Gasteiger partial charge in [0.2, 0.25) is 0 Å². The predicted molar refractivity (Wildman–Crippen MR) is 135 cm³/mol. The monoisotopic (exact) mass is 582 g/mol. The second kappa shape index (κ2) is 10.4. The zero-order valence-corrected chi connectivity index (χ0v) is 21.1. The van der Waals surface area contributed by atoms with Gasteiger partial charge in [-0.05, 0) is 84.6 Å². The van der Waals surface area contributed by atoms with Gasteiger partial charge in [-0.1, -0.05) is 48.5 Å². The van der Waals surface area contributed by atoms with E-state index in [1.807, 2.05) is 42.5 Å². The summed E-state index contributed by atoms with van der Waals surface area (Å²) in [6.45, 7) is 0.478. The highest BCUT2D eigenvalue weighted by Crippen LogP contribution is 2.38. The van der Waals surface area contributed by atoms with Gasteiger partial charge in [-0.3, -0.25) is 14.5 Å². The van der Waals surface area contributed by atoms with E-state index < -0.39 is 0 Å². The van der Waals surface area contributed by atoms with E-state index in [0.29, 0.717) is 28.4 Å². The molecule has 4 rings (SSSR count). The van der Waals surface area contributed by atoms with E-state index in [-0.39, 0.29) is 17.7 Å². The van der Waals surface area contributed by atoms with Gasteiger partial charge in [0.05, 0.1) is 32.0 Å². The number of benzene rings is 3. The molecule has 0 spiro atoms. The predicted octanol–water partition coefficient (Wildman–Crippen LogP) is 6.90. The van der Waals surface area contributed by atoms with Gasteiger partial charge < -0.3 is 4.74 Å². The fourth-order valence-corrected chi connectivity index (χ4v) is 5.54. The van der Waals surface area contributed by atoms with Crippen LogP contribution in [0.3, 0.4) is 0 Å². The molecule has 1 aliphatic heterocycles. The number of amides is 2. The summed E-state index contributed by atoms with van der Waals surface area (Å²) in [5.74, 6) is 0.270. The van der Waals surface area contributed by atoms with Gasteiger partial charge in [-0.25, -0.2) is 0 Å². The minimum Gasteiger partial charge on any atom is -0.487 e. The molecule has 0 aromatic heterocycles. The Morgan fingerprint density at radius 2 is 1.67 bits per heavy atom. The van der Waals surface area contributed by atoms with Crippen LogP contribution >= 0.6 is 43.6 Å². The lowest BCUT2D eigenvalue weighted by molar-refractivity contribution is -0.123. The fraction of sp³-hybridized carbons (Fsp3) is 0.0800. The van der Waals surface area contributed by atoms with Crippen LogP contribution in [0, 0.1) is 11.3 Å². The molecule has 0 bridgehead atoms. The summed E-state index contributed by atoms with van der Waals surface area (Å²) in [7, 11) is 0. The average molecular weight is 584 g/mol. The number of rotatable bonds is 6. The fourth-order valence-electron chi connectivity index (χ4n) is 3.26. The summed E-state index contributed by atoms with van der Waals surface area (Å²) in [6.07, 6.45) is 1.68. The minimum atomic E-state index is -0.380. The minimum absolute atomic E-state index is 0.0609. The summed E-state index contributed by atoms with van der Waals surface area (Å²) >= 11 is 7.96. The van der Waals surface area contributed by atoms with Crippen LogP contribution in [-0.2, 0) is 17.9 Å². The van der Waals surface area contributed by atoms with Gasteiger partial charge in [0, 0.05) is 0 Å². The molecule has 3 aromatic rings. The number of ether oxygens (including phenoxy) is 1. The van der Waals surface area contributed by atoms with Crippen molar-refractivity contribution in [3.8, 4) is 11.8 Å². The maximum absolute atomic E-state index is 12.9. The number of carbonyl (C=O) groups is 2. The number of hydrogen-bond donors (Lipinski definition) is 0. The average Bonchev–Trinajstić information content (AvgIpc) is 3.07. The molecule has 1 aliphatic rings. The Bertz CT molecular complexity index is 1280. The quantitative estimate of drug-likeness (QED) is 0.295. The Morgan fingerprint density at radius 3 is 2.36 bits per heavy atom. The van der Waals surface area contributed by atoms with Gasteiger partial charge in [0.15, 0.2) is 0 Å². The number of nitrogens with zero attached hydrogens (tertiary/aromatic N) is 2. The topological polar surface area (TPSA) is 70.4 Å². The number of hydrogen-bond acceptors (Lipinski definition) is 5. The third-order valence-corrected chi connectivity index (χ3v) is 6.97. The normalized spacial score (nSPS) is 14.6. The standard InChI is InChI=1S/C25H16Br2N2O3S/c26-20-10-17(11-21(27)23(20)32-15-16-6-2-1-3-7-16)12-22-24(30)29(25(31)33-22)14-19-9-5-4-8-18(19)13-28/h1-12H,14-15H2/b22-12+. The van der Waals surface area contributed by atoms with Crippen molar-refractivity contribution in [3.05, 3.63) is 103 Å². The molecule has 0 radical (unpaired) electrons. The molecule has 1 fully saturated rings. The van der Waals surface area contributed by atoms with E-state index in [2.05, 4.69) is 37.9 Å². The van der Waals surface area contributed by atoms with E-state index in [0.717, 1.165) is 36.7 Å². The third kappa shape index (κ3) is 5.38. The van der Waals surface area contributed by atoms with E-state index in [1.165, 1.54) is 0 Å². The Morgan fingerprint density at radius 1 is 1.00 bits per heavy atom. The molecular weight excluding hydrogens is 568 g/mol. The highest BCUT2D eigenvalue weighted by Gasteiger charge is 2.35. The smallest absolute Gasteiger partial charge is 0.293 e. The summed E-state index contributed by atoms with van der Waals surface area (Å²) in [4.78, 5) is 26.9. The molecule has 33 heavy (non-hydrogen) atoms. The van der Waals surface area contributed by atoms with Crippen LogP contribution in [-0.4, -0.2) is 16.0 Å². The molecule has 1 saturated heterocycles. The van der Waals surface area contributed by atoms with Gasteiger partial charge in [-0.2, -0.15) is 5.26 Å². The van der Waals surface area contributed by atoms with Crippen molar-refractivity contribution >= 4 is 60.8 Å². The van der Waals surface area contributed by atoms with E-state index in [4.69, 9.17) is 4.74 Å². The van der Waals surface area contributed by atoms with Crippen LogP contribution in [0.4, 0.5) is 4.79 Å². The van der Waals surface area contributed by atoms with Crippen molar-refractivity contribution in [2.45, 2.75) is 13.2 Å². The third-order valence-electron chi connectivity index (χ3n) is 4.88. The van der Waals surface area contributed by atoms with Crippen LogP contribution in [0.2, 0.25) is 0 Å². The molecule has 164 valence electrons. The van der Waals surface area contributed by atoms with Gasteiger partial charge in [-0.15, -0.1) is 0 Å². The number of imide groups is 1. The number of carbonyl (C=O) groups excluding carboxylic acids is 2. The maximum atomic E-state index is 12.9. The van der Waals surface area contributed by atoms with Crippen LogP contribution < -0.4 is 4.74 Å². The zero-order chi connectivity index (χ0) is 23.4. The molecule has 2 amide bonds. The number of nitriles is 1. The maximum Gasteiger partial charge on any atom is 0.293 e. The molecule has 8 heteroatoms. The van der Waals surface area contributed by atoms with Crippen molar-refractivity contribution in [2.75, 3.05) is 0 Å². The molecular formula is C25H16Br2N2O3S. The van der Waals surface area contributed by atoms with Crippen molar-refractivity contribution in [1.29, 1.82) is 5.26 Å². The molecule has 0 atom stereocenters. The lowest BCUT2D eigenvalue weighted by Crippen LogP contribution is -2.27. The first kappa shape index (κ1) is 23.3. The molecule has 1 heterocycles. The largest absolute Gasteiger partial charge is 0.487 e. The second-order valence-corrected chi connectivity index (χ2v) is 9.83. The molecule has 3 aromatic carbocycles.